The molecule has 2 aromatic heterocycles. The van der Waals surface area contributed by atoms with Gasteiger partial charge in [0.25, 0.3) is 0 Å². The number of amides is 2. The van der Waals surface area contributed by atoms with E-state index in [9.17, 15) is 9.59 Å². The molecule has 200 valence electrons. The largest absolute Gasteiger partial charge is 0.453 e. The molecule has 2 aromatic rings. The van der Waals surface area contributed by atoms with Crippen molar-refractivity contribution in [1.82, 2.24) is 14.9 Å². The minimum Gasteiger partial charge on any atom is -0.453 e. The summed E-state index contributed by atoms with van der Waals surface area (Å²) in [6.07, 6.45) is 8.46. The van der Waals surface area contributed by atoms with Crippen LogP contribution in [0.4, 0.5) is 21.1 Å². The maximum atomic E-state index is 12.5. The normalized spacial score (nSPS) is 16.9. The van der Waals surface area contributed by atoms with Crippen LogP contribution in [0.25, 0.3) is 11.3 Å². The number of nitrogens with one attached hydrogen (secondary N) is 1. The first kappa shape index (κ1) is 26.7. The number of carbonyl (C=O) groups excluding carboxylic acids is 2. The lowest BCUT2D eigenvalue weighted by Crippen LogP contribution is -2.50. The van der Waals surface area contributed by atoms with Crippen molar-refractivity contribution < 1.29 is 19.1 Å². The monoisotopic (exact) mass is 509 g/mol. The Morgan fingerprint density at radius 2 is 1.78 bits per heavy atom. The van der Waals surface area contributed by atoms with E-state index in [1.54, 1.807) is 4.90 Å². The number of pyridine rings is 2. The Bertz CT molecular complexity index is 1090. The molecule has 0 unspecified atom stereocenters. The van der Waals surface area contributed by atoms with Gasteiger partial charge in [-0.3, -0.25) is 10.3 Å². The standard InChI is InChI=1S/C28H39N5O4/c1-28(2,3)37-27(35)33-14-12-32(13-15-33)25-19-23(30-26(34)36-4)18-24(31-25)21-10-11-29-22(17-21)16-20-8-6-5-7-9-20/h10-11,17-20H,5-9,12-16H2,1-4H3,(H,30,31,34). The second-order valence-corrected chi connectivity index (χ2v) is 10.9. The summed E-state index contributed by atoms with van der Waals surface area (Å²) in [6, 6.07) is 7.77. The average molecular weight is 510 g/mol. The SMILES string of the molecule is COC(=O)Nc1cc(-c2ccnc(CC3CCCCC3)c2)nc(N2CCN(C(=O)OC(C)(C)C)CC2)c1. The van der Waals surface area contributed by atoms with Gasteiger partial charge in [0, 0.05) is 55.4 Å². The van der Waals surface area contributed by atoms with Crippen LogP contribution in [0.5, 0.6) is 0 Å². The highest BCUT2D eigenvalue weighted by Gasteiger charge is 2.27. The molecule has 1 N–H and O–H groups in total. The molecule has 1 aliphatic carbocycles. The summed E-state index contributed by atoms with van der Waals surface area (Å²) in [5, 5.41) is 2.79. The summed E-state index contributed by atoms with van der Waals surface area (Å²) in [6.45, 7) is 7.88. The lowest BCUT2D eigenvalue weighted by molar-refractivity contribution is 0.0240. The lowest BCUT2D eigenvalue weighted by atomic mass is 9.86. The highest BCUT2D eigenvalue weighted by molar-refractivity contribution is 5.86. The van der Waals surface area contributed by atoms with Gasteiger partial charge in [-0.15, -0.1) is 0 Å². The van der Waals surface area contributed by atoms with Gasteiger partial charge in [0.2, 0.25) is 0 Å². The molecule has 9 nitrogen and oxygen atoms in total. The second kappa shape index (κ2) is 11.8. The molecule has 0 spiro atoms. The van der Waals surface area contributed by atoms with Crippen LogP contribution in [-0.2, 0) is 15.9 Å². The van der Waals surface area contributed by atoms with Crippen molar-refractivity contribution in [3.8, 4) is 11.3 Å². The number of hydrogen-bond acceptors (Lipinski definition) is 7. The summed E-state index contributed by atoms with van der Waals surface area (Å²) in [4.78, 5) is 37.9. The Morgan fingerprint density at radius 1 is 1.05 bits per heavy atom. The van der Waals surface area contributed by atoms with E-state index >= 15 is 0 Å². The second-order valence-electron chi connectivity index (χ2n) is 10.9. The molecule has 3 heterocycles. The first-order chi connectivity index (χ1) is 17.7. The fourth-order valence-electron chi connectivity index (χ4n) is 4.95. The van der Waals surface area contributed by atoms with Gasteiger partial charge in [0.05, 0.1) is 12.8 Å². The van der Waals surface area contributed by atoms with Gasteiger partial charge in [-0.1, -0.05) is 32.1 Å². The summed E-state index contributed by atoms with van der Waals surface area (Å²) in [5.74, 6) is 1.42. The first-order valence-electron chi connectivity index (χ1n) is 13.3. The number of methoxy groups -OCH3 is 1. The van der Waals surface area contributed by atoms with Crippen molar-refractivity contribution in [2.75, 3.05) is 43.5 Å². The molecule has 0 bridgehead atoms. The Balaban J connectivity index is 1.54. The minimum atomic E-state index is -0.537. The molecular weight excluding hydrogens is 470 g/mol. The summed E-state index contributed by atoms with van der Waals surface area (Å²) >= 11 is 0. The predicted molar refractivity (Wildman–Crippen MR) is 144 cm³/mol. The van der Waals surface area contributed by atoms with Crippen LogP contribution in [0.2, 0.25) is 0 Å². The van der Waals surface area contributed by atoms with Crippen molar-refractivity contribution in [3.63, 3.8) is 0 Å². The van der Waals surface area contributed by atoms with Crippen LogP contribution >= 0.6 is 0 Å². The Morgan fingerprint density at radius 3 is 2.46 bits per heavy atom. The zero-order valence-corrected chi connectivity index (χ0v) is 22.5. The number of piperazine rings is 1. The van der Waals surface area contributed by atoms with E-state index in [1.807, 2.05) is 45.2 Å². The van der Waals surface area contributed by atoms with Crippen LogP contribution in [0.1, 0.15) is 58.6 Å². The van der Waals surface area contributed by atoms with Crippen LogP contribution in [0.15, 0.2) is 30.5 Å². The molecule has 1 saturated heterocycles. The number of carbonyl (C=O) groups is 2. The van der Waals surface area contributed by atoms with E-state index in [0.717, 1.165) is 29.2 Å². The van der Waals surface area contributed by atoms with Crippen molar-refractivity contribution in [1.29, 1.82) is 0 Å². The van der Waals surface area contributed by atoms with Crippen LogP contribution in [-0.4, -0.2) is 65.9 Å². The van der Waals surface area contributed by atoms with Gasteiger partial charge in [0.1, 0.15) is 11.4 Å². The van der Waals surface area contributed by atoms with Gasteiger partial charge in [0.15, 0.2) is 0 Å². The van der Waals surface area contributed by atoms with E-state index in [-0.39, 0.29) is 6.09 Å². The molecule has 9 heteroatoms. The van der Waals surface area contributed by atoms with Crippen LogP contribution < -0.4 is 10.2 Å². The summed E-state index contributed by atoms with van der Waals surface area (Å²) < 4.78 is 10.3. The Hall–Kier alpha value is -3.36. The molecule has 1 saturated carbocycles. The highest BCUT2D eigenvalue weighted by atomic mass is 16.6. The summed E-state index contributed by atoms with van der Waals surface area (Å²) in [5.41, 5.74) is 2.87. The molecule has 0 aromatic carbocycles. The Kier molecular flexibility index (Phi) is 8.51. The smallest absolute Gasteiger partial charge is 0.411 e. The van der Waals surface area contributed by atoms with Crippen molar-refractivity contribution in [3.05, 3.63) is 36.2 Å². The first-order valence-corrected chi connectivity index (χ1v) is 13.3. The predicted octanol–water partition coefficient (Wildman–Crippen LogP) is 5.50. The van der Waals surface area contributed by atoms with E-state index in [4.69, 9.17) is 14.5 Å². The molecule has 1 aliphatic heterocycles. The van der Waals surface area contributed by atoms with Gasteiger partial charge in [-0.05, 0) is 51.3 Å². The highest BCUT2D eigenvalue weighted by Crippen LogP contribution is 2.30. The van der Waals surface area contributed by atoms with E-state index in [2.05, 4.69) is 21.3 Å². The van der Waals surface area contributed by atoms with Gasteiger partial charge in [-0.25, -0.2) is 14.6 Å². The molecule has 2 fully saturated rings. The maximum Gasteiger partial charge on any atom is 0.411 e. The molecular formula is C28H39N5O4. The molecule has 0 radical (unpaired) electrons. The lowest BCUT2D eigenvalue weighted by Gasteiger charge is -2.36. The zero-order chi connectivity index (χ0) is 26.4. The van der Waals surface area contributed by atoms with E-state index in [1.165, 1.54) is 39.2 Å². The third kappa shape index (κ3) is 7.57. The number of anilines is 2. The van der Waals surface area contributed by atoms with Crippen LogP contribution in [0.3, 0.4) is 0 Å². The molecule has 0 atom stereocenters. The van der Waals surface area contributed by atoms with E-state index < -0.39 is 11.7 Å². The van der Waals surface area contributed by atoms with Crippen molar-refractivity contribution in [2.45, 2.75) is 64.9 Å². The molecule has 2 aliphatic rings. The third-order valence-electron chi connectivity index (χ3n) is 6.83. The van der Waals surface area contributed by atoms with Gasteiger partial charge >= 0.3 is 12.2 Å². The number of rotatable bonds is 5. The van der Waals surface area contributed by atoms with E-state index in [0.29, 0.717) is 37.8 Å². The average Bonchev–Trinajstić information content (AvgIpc) is 2.88. The third-order valence-corrected chi connectivity index (χ3v) is 6.83. The fourth-order valence-corrected chi connectivity index (χ4v) is 4.95. The molecule has 37 heavy (non-hydrogen) atoms. The molecule has 4 rings (SSSR count). The maximum absolute atomic E-state index is 12.5. The van der Waals surface area contributed by atoms with Crippen LogP contribution in [0, 0.1) is 5.92 Å². The van der Waals surface area contributed by atoms with Crippen molar-refractivity contribution >= 4 is 23.7 Å². The van der Waals surface area contributed by atoms with Crippen molar-refractivity contribution in [2.24, 2.45) is 5.92 Å². The number of hydrogen-bond donors (Lipinski definition) is 1. The fraction of sp³-hybridized carbons (Fsp3) is 0.571. The minimum absolute atomic E-state index is 0.302. The quantitative estimate of drug-likeness (QED) is 0.568. The number of ether oxygens (including phenoxy) is 2. The topological polar surface area (TPSA) is 96.9 Å². The zero-order valence-electron chi connectivity index (χ0n) is 22.5. The van der Waals surface area contributed by atoms with Gasteiger partial charge in [-0.2, -0.15) is 0 Å². The van der Waals surface area contributed by atoms with Gasteiger partial charge < -0.3 is 19.3 Å². The summed E-state index contributed by atoms with van der Waals surface area (Å²) in [7, 11) is 1.34. The number of nitrogens with zero attached hydrogens (tertiary/aromatic N) is 4. The molecule has 2 amide bonds. The Labute approximate surface area is 219 Å². The number of aromatic nitrogens is 2.